The van der Waals surface area contributed by atoms with Gasteiger partial charge in [-0.05, 0) is 54.4 Å². The number of carbonyl (C=O) groups is 1. The Bertz CT molecular complexity index is 1020. The smallest absolute Gasteiger partial charge is 0.274 e. The van der Waals surface area contributed by atoms with Gasteiger partial charge in [0.2, 0.25) is 0 Å². The quantitative estimate of drug-likeness (QED) is 0.460. The molecule has 0 saturated heterocycles. The third kappa shape index (κ3) is 3.11. The molecule has 5 nitrogen and oxygen atoms in total. The first-order chi connectivity index (χ1) is 13.1. The van der Waals surface area contributed by atoms with Crippen molar-refractivity contribution in [3.05, 3.63) is 88.7 Å². The molecule has 0 bridgehead atoms. The molecule has 3 N–H and O–H groups in total. The molecule has 136 valence electrons. The summed E-state index contributed by atoms with van der Waals surface area (Å²) >= 11 is 0. The summed E-state index contributed by atoms with van der Waals surface area (Å²) in [5.41, 5.74) is 4.92. The highest BCUT2D eigenvalue weighted by Crippen LogP contribution is 2.44. The van der Waals surface area contributed by atoms with Gasteiger partial charge in [-0.15, -0.1) is 0 Å². The van der Waals surface area contributed by atoms with Crippen LogP contribution in [0.2, 0.25) is 0 Å². The summed E-state index contributed by atoms with van der Waals surface area (Å²) < 4.78 is 20.3. The predicted octanol–water partition coefficient (Wildman–Crippen LogP) is 4.56. The number of hydrogen-bond acceptors (Lipinski definition) is 4. The standard InChI is InChI=1S/C21H17FN2O3/c1-12-10-15(22)11-16-19(13-6-8-14(9-7-13)21(25)24-26)23-17-4-2-3-5-18(17)27-20(12)16/h2-11,19,23,26H,1H3,(H,24,25). The van der Waals surface area contributed by atoms with Crippen LogP contribution in [0.15, 0.2) is 60.7 Å². The number of benzene rings is 3. The van der Waals surface area contributed by atoms with Gasteiger partial charge in [0.15, 0.2) is 5.75 Å². The van der Waals surface area contributed by atoms with Crippen LogP contribution in [-0.2, 0) is 0 Å². The lowest BCUT2D eigenvalue weighted by Crippen LogP contribution is -2.19. The number of fused-ring (bicyclic) bond motifs is 2. The van der Waals surface area contributed by atoms with E-state index < -0.39 is 5.91 Å². The van der Waals surface area contributed by atoms with E-state index >= 15 is 0 Å². The largest absolute Gasteiger partial charge is 0.455 e. The molecule has 6 heteroatoms. The minimum atomic E-state index is -0.591. The Labute approximate surface area is 155 Å². The highest BCUT2D eigenvalue weighted by Gasteiger charge is 2.26. The molecule has 1 unspecified atom stereocenters. The summed E-state index contributed by atoms with van der Waals surface area (Å²) in [4.78, 5) is 11.6. The molecule has 0 fully saturated rings. The Morgan fingerprint density at radius 2 is 1.89 bits per heavy atom. The second-order valence-corrected chi connectivity index (χ2v) is 6.38. The first-order valence-electron chi connectivity index (χ1n) is 8.44. The zero-order valence-electron chi connectivity index (χ0n) is 14.5. The first kappa shape index (κ1) is 17.1. The van der Waals surface area contributed by atoms with Gasteiger partial charge in [-0.1, -0.05) is 24.3 Å². The van der Waals surface area contributed by atoms with E-state index in [1.807, 2.05) is 31.2 Å². The molecular formula is C21H17FN2O3. The van der Waals surface area contributed by atoms with Gasteiger partial charge in [0.25, 0.3) is 5.91 Å². The molecule has 0 saturated carbocycles. The second kappa shape index (κ2) is 6.74. The number of ether oxygens (including phenoxy) is 1. The molecule has 0 spiro atoms. The van der Waals surface area contributed by atoms with Crippen molar-refractivity contribution in [2.75, 3.05) is 5.32 Å². The van der Waals surface area contributed by atoms with Gasteiger partial charge in [0.1, 0.15) is 11.6 Å². The van der Waals surface area contributed by atoms with Crippen LogP contribution < -0.4 is 15.5 Å². The van der Waals surface area contributed by atoms with E-state index in [1.165, 1.54) is 12.1 Å². The first-order valence-corrected chi connectivity index (χ1v) is 8.44. The molecular weight excluding hydrogens is 347 g/mol. The summed E-state index contributed by atoms with van der Waals surface area (Å²) in [7, 11) is 0. The number of rotatable bonds is 2. The number of carbonyl (C=O) groups excluding carboxylic acids is 1. The van der Waals surface area contributed by atoms with Crippen molar-refractivity contribution >= 4 is 11.6 Å². The van der Waals surface area contributed by atoms with Gasteiger partial charge in [0.05, 0.1) is 11.7 Å². The minimum Gasteiger partial charge on any atom is -0.455 e. The minimum absolute atomic E-state index is 0.321. The van der Waals surface area contributed by atoms with Crippen molar-refractivity contribution in [1.82, 2.24) is 5.48 Å². The van der Waals surface area contributed by atoms with Crippen LogP contribution in [0.3, 0.4) is 0 Å². The average molecular weight is 364 g/mol. The van der Waals surface area contributed by atoms with E-state index in [-0.39, 0.29) is 11.9 Å². The van der Waals surface area contributed by atoms with Crippen LogP contribution in [-0.4, -0.2) is 11.1 Å². The summed E-state index contributed by atoms with van der Waals surface area (Å²) in [5, 5.41) is 12.2. The lowest BCUT2D eigenvalue weighted by Gasteiger charge is -2.20. The third-order valence-electron chi connectivity index (χ3n) is 4.59. The molecule has 3 aromatic carbocycles. The lowest BCUT2D eigenvalue weighted by atomic mass is 9.95. The topological polar surface area (TPSA) is 70.6 Å². The zero-order valence-corrected chi connectivity index (χ0v) is 14.5. The van der Waals surface area contributed by atoms with Gasteiger partial charge >= 0.3 is 0 Å². The average Bonchev–Trinajstić information content (AvgIpc) is 2.85. The fourth-order valence-corrected chi connectivity index (χ4v) is 3.28. The predicted molar refractivity (Wildman–Crippen MR) is 98.8 cm³/mol. The zero-order chi connectivity index (χ0) is 19.0. The second-order valence-electron chi connectivity index (χ2n) is 6.38. The Kier molecular flexibility index (Phi) is 4.25. The van der Waals surface area contributed by atoms with E-state index in [4.69, 9.17) is 9.94 Å². The molecule has 27 heavy (non-hydrogen) atoms. The van der Waals surface area contributed by atoms with Gasteiger partial charge in [0, 0.05) is 11.1 Å². The van der Waals surface area contributed by atoms with Crippen molar-refractivity contribution in [1.29, 1.82) is 0 Å². The number of para-hydroxylation sites is 2. The molecule has 0 aliphatic carbocycles. The Morgan fingerprint density at radius 3 is 2.63 bits per heavy atom. The molecule has 0 aromatic heterocycles. The SMILES string of the molecule is Cc1cc(F)cc2c1Oc1ccccc1NC2c1ccc(C(=O)NO)cc1. The highest BCUT2D eigenvalue weighted by atomic mass is 19.1. The van der Waals surface area contributed by atoms with Crippen LogP contribution >= 0.6 is 0 Å². The number of halogens is 1. The van der Waals surface area contributed by atoms with Crippen molar-refractivity contribution in [2.24, 2.45) is 0 Å². The molecule has 1 aliphatic rings. The van der Waals surface area contributed by atoms with Crippen LogP contribution in [0.25, 0.3) is 0 Å². The number of hydroxylamine groups is 1. The van der Waals surface area contributed by atoms with Crippen molar-refractivity contribution in [3.63, 3.8) is 0 Å². The lowest BCUT2D eigenvalue weighted by molar-refractivity contribution is 0.0706. The molecule has 1 heterocycles. The number of aryl methyl sites for hydroxylation is 1. The summed E-state index contributed by atoms with van der Waals surface area (Å²) in [6, 6.07) is 16.8. The summed E-state index contributed by atoms with van der Waals surface area (Å²) in [6.07, 6.45) is 0. The van der Waals surface area contributed by atoms with Gasteiger partial charge < -0.3 is 10.1 Å². The van der Waals surface area contributed by atoms with Crippen molar-refractivity contribution in [2.45, 2.75) is 13.0 Å². The number of hydrogen-bond donors (Lipinski definition) is 3. The maximum Gasteiger partial charge on any atom is 0.274 e. The van der Waals surface area contributed by atoms with Gasteiger partial charge in [-0.25, -0.2) is 9.87 Å². The van der Waals surface area contributed by atoms with Crippen molar-refractivity contribution in [3.8, 4) is 11.5 Å². The summed E-state index contributed by atoms with van der Waals surface area (Å²) in [6.45, 7) is 1.81. The number of nitrogens with one attached hydrogen (secondary N) is 2. The Balaban J connectivity index is 1.85. The summed E-state index contributed by atoms with van der Waals surface area (Å²) in [5.74, 6) is 0.332. The van der Waals surface area contributed by atoms with Crippen LogP contribution in [0.1, 0.15) is 33.1 Å². The van der Waals surface area contributed by atoms with Crippen LogP contribution in [0.5, 0.6) is 11.5 Å². The third-order valence-corrected chi connectivity index (χ3v) is 4.59. The van der Waals surface area contributed by atoms with E-state index in [2.05, 4.69) is 5.32 Å². The fourth-order valence-electron chi connectivity index (χ4n) is 3.28. The number of anilines is 1. The maximum absolute atomic E-state index is 14.2. The van der Waals surface area contributed by atoms with Gasteiger partial charge in [-0.3, -0.25) is 10.0 Å². The number of amides is 1. The Hall–Kier alpha value is -3.38. The van der Waals surface area contributed by atoms with Crippen molar-refractivity contribution < 1.29 is 19.1 Å². The fraction of sp³-hybridized carbons (Fsp3) is 0.0952. The molecule has 1 amide bonds. The molecule has 0 radical (unpaired) electrons. The van der Waals surface area contributed by atoms with E-state index in [9.17, 15) is 9.18 Å². The molecule has 4 rings (SSSR count). The molecule has 1 aliphatic heterocycles. The van der Waals surface area contributed by atoms with E-state index in [0.717, 1.165) is 11.3 Å². The highest BCUT2D eigenvalue weighted by molar-refractivity contribution is 5.93. The Morgan fingerprint density at radius 1 is 1.15 bits per heavy atom. The molecule has 3 aromatic rings. The van der Waals surface area contributed by atoms with Gasteiger partial charge in [-0.2, -0.15) is 0 Å². The van der Waals surface area contributed by atoms with Crippen LogP contribution in [0, 0.1) is 12.7 Å². The maximum atomic E-state index is 14.2. The van der Waals surface area contributed by atoms with E-state index in [0.29, 0.717) is 28.2 Å². The monoisotopic (exact) mass is 364 g/mol. The van der Waals surface area contributed by atoms with Crippen LogP contribution in [0.4, 0.5) is 10.1 Å². The molecule has 1 atom stereocenters. The van der Waals surface area contributed by atoms with E-state index in [1.54, 1.807) is 29.7 Å². The normalized spacial score (nSPS) is 14.9.